The number of Topliss-reactive ketones (excluding diaryl/α,β-unsaturated/α-hetero) is 1. The van der Waals surface area contributed by atoms with Crippen molar-refractivity contribution in [2.24, 2.45) is 5.73 Å². The van der Waals surface area contributed by atoms with E-state index in [9.17, 15) is 4.79 Å². The summed E-state index contributed by atoms with van der Waals surface area (Å²) in [6.45, 7) is 7.72. The van der Waals surface area contributed by atoms with E-state index in [1.807, 2.05) is 20.8 Å². The van der Waals surface area contributed by atoms with Crippen LogP contribution in [0.3, 0.4) is 0 Å². The van der Waals surface area contributed by atoms with Crippen LogP contribution in [-0.2, 0) is 9.53 Å². The SMILES string of the molecule is CCCC(C)(N)C(=O)COC(C)C. The first-order valence-corrected chi connectivity index (χ1v) is 4.84. The molecule has 0 aromatic carbocycles. The highest BCUT2D eigenvalue weighted by molar-refractivity contribution is 5.88. The number of hydrogen-bond donors (Lipinski definition) is 1. The molecule has 13 heavy (non-hydrogen) atoms. The van der Waals surface area contributed by atoms with Gasteiger partial charge in [-0.2, -0.15) is 0 Å². The Labute approximate surface area is 80.6 Å². The second-order valence-electron chi connectivity index (χ2n) is 3.95. The summed E-state index contributed by atoms with van der Waals surface area (Å²) >= 11 is 0. The van der Waals surface area contributed by atoms with Gasteiger partial charge in [0.2, 0.25) is 0 Å². The summed E-state index contributed by atoms with van der Waals surface area (Å²) in [6.07, 6.45) is 1.72. The third-order valence-corrected chi connectivity index (χ3v) is 1.95. The van der Waals surface area contributed by atoms with E-state index in [1.165, 1.54) is 0 Å². The first kappa shape index (κ1) is 12.6. The average Bonchev–Trinajstić information content (AvgIpc) is 1.99. The van der Waals surface area contributed by atoms with Crippen molar-refractivity contribution in [1.29, 1.82) is 0 Å². The molecular formula is C10H21NO2. The van der Waals surface area contributed by atoms with Gasteiger partial charge in [0.05, 0.1) is 11.6 Å². The Morgan fingerprint density at radius 3 is 2.46 bits per heavy atom. The molecule has 78 valence electrons. The van der Waals surface area contributed by atoms with Crippen LogP contribution >= 0.6 is 0 Å². The van der Waals surface area contributed by atoms with Crippen LogP contribution in [0.2, 0.25) is 0 Å². The van der Waals surface area contributed by atoms with Crippen LogP contribution < -0.4 is 5.73 Å². The van der Waals surface area contributed by atoms with Crippen LogP contribution in [0.4, 0.5) is 0 Å². The zero-order valence-corrected chi connectivity index (χ0v) is 9.09. The lowest BCUT2D eigenvalue weighted by Gasteiger charge is -2.22. The Balaban J connectivity index is 3.94. The molecule has 0 aromatic rings. The zero-order chi connectivity index (χ0) is 10.5. The largest absolute Gasteiger partial charge is 0.371 e. The van der Waals surface area contributed by atoms with Gasteiger partial charge in [0.25, 0.3) is 0 Å². The van der Waals surface area contributed by atoms with Gasteiger partial charge in [0.1, 0.15) is 6.61 Å². The average molecular weight is 187 g/mol. The fourth-order valence-electron chi connectivity index (χ4n) is 1.07. The number of ketones is 1. The van der Waals surface area contributed by atoms with Crippen LogP contribution in [0.5, 0.6) is 0 Å². The Bertz CT molecular complexity index is 164. The molecule has 3 nitrogen and oxygen atoms in total. The fourth-order valence-corrected chi connectivity index (χ4v) is 1.07. The summed E-state index contributed by atoms with van der Waals surface area (Å²) < 4.78 is 5.21. The topological polar surface area (TPSA) is 52.3 Å². The minimum absolute atomic E-state index is 0.0111. The molecule has 2 N–H and O–H groups in total. The molecule has 1 unspecified atom stereocenters. The summed E-state index contributed by atoms with van der Waals surface area (Å²) in [5.74, 6) is -0.0111. The number of carbonyl (C=O) groups is 1. The van der Waals surface area contributed by atoms with Crippen LogP contribution in [0.15, 0.2) is 0 Å². The second kappa shape index (κ2) is 5.35. The first-order chi connectivity index (χ1) is 5.90. The zero-order valence-electron chi connectivity index (χ0n) is 9.09. The van der Waals surface area contributed by atoms with Crippen molar-refractivity contribution in [3.8, 4) is 0 Å². The Morgan fingerprint density at radius 2 is 2.08 bits per heavy atom. The molecular weight excluding hydrogens is 166 g/mol. The van der Waals surface area contributed by atoms with Crippen molar-refractivity contribution in [2.45, 2.75) is 52.2 Å². The highest BCUT2D eigenvalue weighted by Crippen LogP contribution is 2.10. The lowest BCUT2D eigenvalue weighted by molar-refractivity contribution is -0.129. The van der Waals surface area contributed by atoms with Gasteiger partial charge in [0.15, 0.2) is 5.78 Å². The number of rotatable bonds is 6. The van der Waals surface area contributed by atoms with Crippen LogP contribution in [0.25, 0.3) is 0 Å². The summed E-state index contributed by atoms with van der Waals surface area (Å²) in [5, 5.41) is 0. The first-order valence-electron chi connectivity index (χ1n) is 4.84. The number of ether oxygens (including phenoxy) is 1. The summed E-state index contributed by atoms with van der Waals surface area (Å²) in [7, 11) is 0. The molecule has 0 aromatic heterocycles. The molecule has 0 saturated carbocycles. The van der Waals surface area contributed by atoms with E-state index < -0.39 is 5.54 Å². The number of carbonyl (C=O) groups excluding carboxylic acids is 1. The van der Waals surface area contributed by atoms with Crippen molar-refractivity contribution in [2.75, 3.05) is 6.61 Å². The minimum atomic E-state index is -0.719. The van der Waals surface area contributed by atoms with Gasteiger partial charge in [-0.25, -0.2) is 0 Å². The lowest BCUT2D eigenvalue weighted by atomic mass is 9.93. The fraction of sp³-hybridized carbons (Fsp3) is 0.900. The van der Waals surface area contributed by atoms with E-state index in [4.69, 9.17) is 10.5 Å². The molecule has 0 saturated heterocycles. The predicted molar refractivity (Wildman–Crippen MR) is 53.6 cm³/mol. The monoisotopic (exact) mass is 187 g/mol. The standard InChI is InChI=1S/C10H21NO2/c1-5-6-10(4,11)9(12)7-13-8(2)3/h8H,5-7,11H2,1-4H3. The molecule has 0 aliphatic rings. The highest BCUT2D eigenvalue weighted by Gasteiger charge is 2.26. The molecule has 0 aliphatic carbocycles. The Morgan fingerprint density at radius 1 is 1.54 bits per heavy atom. The molecule has 0 spiro atoms. The summed E-state index contributed by atoms with van der Waals surface area (Å²) in [5.41, 5.74) is 5.11. The van der Waals surface area contributed by atoms with Crippen molar-refractivity contribution in [1.82, 2.24) is 0 Å². The van der Waals surface area contributed by atoms with E-state index in [0.29, 0.717) is 6.42 Å². The van der Waals surface area contributed by atoms with Crippen molar-refractivity contribution >= 4 is 5.78 Å². The summed E-state index contributed by atoms with van der Waals surface area (Å²) in [4.78, 5) is 11.5. The van der Waals surface area contributed by atoms with Crippen LogP contribution in [-0.4, -0.2) is 24.0 Å². The lowest BCUT2D eigenvalue weighted by Crippen LogP contribution is -2.47. The number of nitrogens with two attached hydrogens (primary N) is 1. The van der Waals surface area contributed by atoms with E-state index in [1.54, 1.807) is 6.92 Å². The molecule has 0 bridgehead atoms. The summed E-state index contributed by atoms with van der Waals surface area (Å²) in [6, 6.07) is 0. The molecule has 0 radical (unpaired) electrons. The third-order valence-electron chi connectivity index (χ3n) is 1.95. The van der Waals surface area contributed by atoms with Gasteiger partial charge in [0, 0.05) is 0 Å². The second-order valence-corrected chi connectivity index (χ2v) is 3.95. The molecule has 0 aliphatic heterocycles. The van der Waals surface area contributed by atoms with E-state index in [0.717, 1.165) is 6.42 Å². The van der Waals surface area contributed by atoms with Crippen LogP contribution in [0.1, 0.15) is 40.5 Å². The minimum Gasteiger partial charge on any atom is -0.371 e. The Kier molecular flexibility index (Phi) is 5.18. The van der Waals surface area contributed by atoms with Gasteiger partial charge in [-0.3, -0.25) is 4.79 Å². The molecule has 0 rings (SSSR count). The molecule has 0 fully saturated rings. The molecule has 0 heterocycles. The number of hydrogen-bond acceptors (Lipinski definition) is 3. The van der Waals surface area contributed by atoms with Crippen LogP contribution in [0, 0.1) is 0 Å². The van der Waals surface area contributed by atoms with E-state index in [-0.39, 0.29) is 18.5 Å². The quantitative estimate of drug-likeness (QED) is 0.685. The maximum Gasteiger partial charge on any atom is 0.177 e. The Hall–Kier alpha value is -0.410. The van der Waals surface area contributed by atoms with Crippen molar-refractivity contribution in [3.05, 3.63) is 0 Å². The predicted octanol–water partition coefficient (Wildman–Crippen LogP) is 1.50. The van der Waals surface area contributed by atoms with Crippen molar-refractivity contribution in [3.63, 3.8) is 0 Å². The highest BCUT2D eigenvalue weighted by atomic mass is 16.5. The van der Waals surface area contributed by atoms with E-state index in [2.05, 4.69) is 0 Å². The van der Waals surface area contributed by atoms with E-state index >= 15 is 0 Å². The molecule has 1 atom stereocenters. The van der Waals surface area contributed by atoms with Gasteiger partial charge >= 0.3 is 0 Å². The van der Waals surface area contributed by atoms with Gasteiger partial charge < -0.3 is 10.5 Å². The van der Waals surface area contributed by atoms with Gasteiger partial charge in [-0.1, -0.05) is 13.3 Å². The maximum absolute atomic E-state index is 11.5. The van der Waals surface area contributed by atoms with Gasteiger partial charge in [-0.05, 0) is 27.2 Å². The molecule has 3 heteroatoms. The maximum atomic E-state index is 11.5. The van der Waals surface area contributed by atoms with Crippen molar-refractivity contribution < 1.29 is 9.53 Å². The van der Waals surface area contributed by atoms with Gasteiger partial charge in [-0.15, -0.1) is 0 Å². The molecule has 0 amide bonds. The third kappa shape index (κ3) is 5.01. The normalized spacial score (nSPS) is 15.8. The smallest absolute Gasteiger partial charge is 0.177 e.